The van der Waals surface area contributed by atoms with Gasteiger partial charge in [0.25, 0.3) is 5.69 Å². The normalized spacial score (nSPS) is 10.3. The molecule has 6 heteroatoms. The second-order valence-electron chi connectivity index (χ2n) is 5.59. The molecule has 2 aromatic heterocycles. The SMILES string of the molecule is CC(C)c1cncc(N)c1.CC(C)c1cncc([N+](=O)[O-])c1. The Hall–Kier alpha value is -2.50. The second kappa shape index (κ2) is 8.07. The van der Waals surface area contributed by atoms with Crippen LogP contribution in [0.5, 0.6) is 0 Å². The minimum atomic E-state index is -0.432. The first-order valence-electron chi connectivity index (χ1n) is 7.11. The van der Waals surface area contributed by atoms with Crippen molar-refractivity contribution in [3.63, 3.8) is 0 Å². The van der Waals surface area contributed by atoms with Crippen molar-refractivity contribution in [3.05, 3.63) is 58.2 Å². The minimum absolute atomic E-state index is 0.0567. The summed E-state index contributed by atoms with van der Waals surface area (Å²) in [6.45, 7) is 8.19. The molecular formula is C16H22N4O2. The predicted octanol–water partition coefficient (Wildman–Crippen LogP) is 3.90. The molecule has 0 aliphatic carbocycles. The van der Waals surface area contributed by atoms with Crippen LogP contribution in [-0.2, 0) is 0 Å². The van der Waals surface area contributed by atoms with E-state index in [1.54, 1.807) is 18.5 Å². The molecule has 2 N–H and O–H groups in total. The number of anilines is 1. The van der Waals surface area contributed by atoms with Gasteiger partial charge in [0.2, 0.25) is 0 Å². The van der Waals surface area contributed by atoms with Crippen molar-refractivity contribution in [2.24, 2.45) is 0 Å². The van der Waals surface area contributed by atoms with E-state index < -0.39 is 4.92 Å². The molecule has 0 amide bonds. The number of rotatable bonds is 3. The third-order valence-corrected chi connectivity index (χ3v) is 3.07. The zero-order chi connectivity index (χ0) is 16.7. The average Bonchev–Trinajstić information content (AvgIpc) is 2.48. The number of nitrogen functional groups attached to an aromatic ring is 1. The van der Waals surface area contributed by atoms with Gasteiger partial charge in [-0.3, -0.25) is 20.1 Å². The molecule has 0 atom stereocenters. The van der Waals surface area contributed by atoms with Crippen molar-refractivity contribution in [2.45, 2.75) is 39.5 Å². The largest absolute Gasteiger partial charge is 0.397 e. The van der Waals surface area contributed by atoms with Gasteiger partial charge in [-0.25, -0.2) is 0 Å². The van der Waals surface area contributed by atoms with E-state index in [1.165, 1.54) is 11.8 Å². The highest BCUT2D eigenvalue weighted by molar-refractivity contribution is 5.37. The molecule has 0 spiro atoms. The zero-order valence-electron chi connectivity index (χ0n) is 13.4. The number of pyridine rings is 2. The Morgan fingerprint density at radius 2 is 1.45 bits per heavy atom. The van der Waals surface area contributed by atoms with Crippen molar-refractivity contribution in [3.8, 4) is 0 Å². The summed E-state index contributed by atoms with van der Waals surface area (Å²) in [5.74, 6) is 0.786. The number of nitro groups is 1. The standard InChI is InChI=1S/C8H10N2O2.C8H12N2/c1-6(2)7-3-8(10(11)12)5-9-4-7;1-6(2)7-3-8(9)5-10-4-7/h3-6H,1-2H3;3-6H,9H2,1-2H3. The topological polar surface area (TPSA) is 94.9 Å². The number of hydrogen-bond acceptors (Lipinski definition) is 5. The lowest BCUT2D eigenvalue weighted by Gasteiger charge is -2.03. The maximum absolute atomic E-state index is 10.3. The van der Waals surface area contributed by atoms with E-state index in [1.807, 2.05) is 26.1 Å². The van der Waals surface area contributed by atoms with E-state index in [4.69, 9.17) is 5.73 Å². The van der Waals surface area contributed by atoms with Crippen LogP contribution >= 0.6 is 0 Å². The minimum Gasteiger partial charge on any atom is -0.397 e. The van der Waals surface area contributed by atoms with E-state index in [-0.39, 0.29) is 11.6 Å². The molecule has 2 aromatic rings. The summed E-state index contributed by atoms with van der Waals surface area (Å²) >= 11 is 0. The average molecular weight is 302 g/mol. The molecular weight excluding hydrogens is 280 g/mol. The maximum Gasteiger partial charge on any atom is 0.287 e. The summed E-state index contributed by atoms with van der Waals surface area (Å²) < 4.78 is 0. The monoisotopic (exact) mass is 302 g/mol. The number of aromatic nitrogens is 2. The van der Waals surface area contributed by atoms with Crippen molar-refractivity contribution < 1.29 is 4.92 Å². The summed E-state index contributed by atoms with van der Waals surface area (Å²) in [7, 11) is 0. The van der Waals surface area contributed by atoms with Crippen molar-refractivity contribution >= 4 is 11.4 Å². The third kappa shape index (κ3) is 5.47. The molecule has 0 saturated heterocycles. The molecule has 0 fully saturated rings. The molecule has 118 valence electrons. The van der Waals surface area contributed by atoms with Crippen molar-refractivity contribution in [1.29, 1.82) is 0 Å². The summed E-state index contributed by atoms with van der Waals surface area (Å²) in [4.78, 5) is 17.7. The van der Waals surface area contributed by atoms with Crippen LogP contribution in [0.1, 0.15) is 50.7 Å². The van der Waals surface area contributed by atoms with Crippen molar-refractivity contribution in [2.75, 3.05) is 5.73 Å². The lowest BCUT2D eigenvalue weighted by molar-refractivity contribution is -0.385. The molecule has 6 nitrogen and oxygen atoms in total. The van der Waals surface area contributed by atoms with Gasteiger partial charge in [0.1, 0.15) is 6.20 Å². The van der Waals surface area contributed by atoms with Crippen LogP contribution in [0, 0.1) is 10.1 Å². The van der Waals surface area contributed by atoms with Crippen LogP contribution in [0.3, 0.4) is 0 Å². The van der Waals surface area contributed by atoms with Crippen LogP contribution in [0.4, 0.5) is 11.4 Å². The first-order chi connectivity index (χ1) is 10.3. The Morgan fingerprint density at radius 1 is 0.955 bits per heavy atom. The Morgan fingerprint density at radius 3 is 1.86 bits per heavy atom. The highest BCUT2D eigenvalue weighted by Crippen LogP contribution is 2.18. The fourth-order valence-corrected chi connectivity index (χ4v) is 1.65. The molecule has 0 bridgehead atoms. The highest BCUT2D eigenvalue weighted by atomic mass is 16.6. The fourth-order valence-electron chi connectivity index (χ4n) is 1.65. The van der Waals surface area contributed by atoms with E-state index in [0.717, 1.165) is 11.3 Å². The molecule has 2 rings (SSSR count). The van der Waals surface area contributed by atoms with Crippen LogP contribution in [0.15, 0.2) is 36.9 Å². The van der Waals surface area contributed by atoms with E-state index in [9.17, 15) is 10.1 Å². The molecule has 0 unspecified atom stereocenters. The molecule has 0 aliphatic heterocycles. The summed E-state index contributed by atoms with van der Waals surface area (Å²) in [6.07, 6.45) is 6.41. The Labute approximate surface area is 130 Å². The summed E-state index contributed by atoms with van der Waals surface area (Å²) in [5, 5.41) is 10.3. The van der Waals surface area contributed by atoms with Gasteiger partial charge in [-0.1, -0.05) is 27.7 Å². The molecule has 0 aromatic carbocycles. The van der Waals surface area contributed by atoms with Crippen LogP contribution in [0.25, 0.3) is 0 Å². The van der Waals surface area contributed by atoms with Crippen LogP contribution in [0.2, 0.25) is 0 Å². The van der Waals surface area contributed by atoms with Gasteiger partial charge in [-0.05, 0) is 29.0 Å². The number of nitrogens with zero attached hydrogens (tertiary/aromatic N) is 3. The molecule has 22 heavy (non-hydrogen) atoms. The van der Waals surface area contributed by atoms with E-state index >= 15 is 0 Å². The molecule has 0 aliphatic rings. The lowest BCUT2D eigenvalue weighted by atomic mass is 10.1. The first-order valence-corrected chi connectivity index (χ1v) is 7.11. The van der Waals surface area contributed by atoms with Gasteiger partial charge < -0.3 is 5.73 Å². The van der Waals surface area contributed by atoms with Crippen LogP contribution in [-0.4, -0.2) is 14.9 Å². The Balaban J connectivity index is 0.000000224. The quantitative estimate of drug-likeness (QED) is 0.685. The van der Waals surface area contributed by atoms with E-state index in [2.05, 4.69) is 23.8 Å². The van der Waals surface area contributed by atoms with Crippen LogP contribution < -0.4 is 5.73 Å². The lowest BCUT2D eigenvalue weighted by Crippen LogP contribution is -1.93. The van der Waals surface area contributed by atoms with Gasteiger partial charge in [-0.2, -0.15) is 0 Å². The van der Waals surface area contributed by atoms with Gasteiger partial charge in [0.15, 0.2) is 0 Å². The van der Waals surface area contributed by atoms with Gasteiger partial charge in [0, 0.05) is 24.7 Å². The van der Waals surface area contributed by atoms with Crippen molar-refractivity contribution in [1.82, 2.24) is 9.97 Å². The smallest absolute Gasteiger partial charge is 0.287 e. The van der Waals surface area contributed by atoms with Gasteiger partial charge >= 0.3 is 0 Å². The predicted molar refractivity (Wildman–Crippen MR) is 87.7 cm³/mol. The van der Waals surface area contributed by atoms with Gasteiger partial charge in [-0.15, -0.1) is 0 Å². The number of nitrogens with two attached hydrogens (primary N) is 1. The summed E-state index contributed by atoms with van der Waals surface area (Å²) in [6, 6.07) is 3.51. The fraction of sp³-hybridized carbons (Fsp3) is 0.375. The first kappa shape index (κ1) is 17.6. The Bertz CT molecular complexity index is 627. The molecule has 0 radical (unpaired) electrons. The Kier molecular flexibility index (Phi) is 6.44. The van der Waals surface area contributed by atoms with E-state index in [0.29, 0.717) is 5.92 Å². The maximum atomic E-state index is 10.3. The molecule has 0 saturated carbocycles. The zero-order valence-corrected chi connectivity index (χ0v) is 13.4. The number of hydrogen-bond donors (Lipinski definition) is 1. The summed E-state index contributed by atoms with van der Waals surface area (Å²) in [5.41, 5.74) is 8.42. The van der Waals surface area contributed by atoms with Gasteiger partial charge in [0.05, 0.1) is 10.6 Å². The molecule has 2 heterocycles. The second-order valence-corrected chi connectivity index (χ2v) is 5.59. The third-order valence-electron chi connectivity index (χ3n) is 3.07. The highest BCUT2D eigenvalue weighted by Gasteiger charge is 2.08.